The maximum absolute atomic E-state index is 11.7. The van der Waals surface area contributed by atoms with E-state index in [0.29, 0.717) is 11.3 Å². The topological polar surface area (TPSA) is 84.5 Å². The van der Waals surface area contributed by atoms with Gasteiger partial charge in [0.1, 0.15) is 5.75 Å². The van der Waals surface area contributed by atoms with E-state index >= 15 is 0 Å². The first-order chi connectivity index (χ1) is 11.0. The Morgan fingerprint density at radius 2 is 1.83 bits per heavy atom. The summed E-state index contributed by atoms with van der Waals surface area (Å²) in [6, 6.07) is 14.6. The van der Waals surface area contributed by atoms with E-state index in [4.69, 9.17) is 4.74 Å². The number of nitrogens with one attached hydrogen (secondary N) is 2. The van der Waals surface area contributed by atoms with Gasteiger partial charge in [-0.1, -0.05) is 36.4 Å². The molecule has 23 heavy (non-hydrogen) atoms. The van der Waals surface area contributed by atoms with Crippen molar-refractivity contribution in [3.05, 3.63) is 54.1 Å². The van der Waals surface area contributed by atoms with Crippen molar-refractivity contribution in [2.24, 2.45) is 0 Å². The van der Waals surface area contributed by atoms with E-state index in [-0.39, 0.29) is 6.42 Å². The Labute approximate surface area is 134 Å². The molecule has 6 nitrogen and oxygen atoms in total. The molecule has 3 rings (SSSR count). The van der Waals surface area contributed by atoms with Gasteiger partial charge in [-0.25, -0.2) is 4.72 Å². The number of hydrogen-bond acceptors (Lipinski definition) is 4. The van der Waals surface area contributed by atoms with Gasteiger partial charge >= 0.3 is 10.2 Å². The molecule has 0 bridgehead atoms. The second-order valence-electron chi connectivity index (χ2n) is 5.23. The van der Waals surface area contributed by atoms with Crippen molar-refractivity contribution < 1.29 is 17.9 Å². The summed E-state index contributed by atoms with van der Waals surface area (Å²) in [6.07, 6.45) is 0.0217. The monoisotopic (exact) mass is 332 g/mol. The summed E-state index contributed by atoms with van der Waals surface area (Å²) >= 11 is 0. The number of benzene rings is 2. The van der Waals surface area contributed by atoms with E-state index in [9.17, 15) is 13.2 Å². The van der Waals surface area contributed by atoms with E-state index < -0.39 is 22.2 Å². The first kappa shape index (κ1) is 15.5. The van der Waals surface area contributed by atoms with Crippen molar-refractivity contribution in [3.8, 4) is 16.9 Å². The highest BCUT2D eigenvalue weighted by molar-refractivity contribution is 7.88. The molecule has 2 N–H and O–H groups in total. The highest BCUT2D eigenvalue weighted by Gasteiger charge is 2.31. The van der Waals surface area contributed by atoms with Crippen molar-refractivity contribution in [2.75, 3.05) is 7.11 Å². The molecule has 2 aromatic rings. The lowest BCUT2D eigenvalue weighted by Gasteiger charge is -2.25. The van der Waals surface area contributed by atoms with Crippen LogP contribution in [0.15, 0.2) is 48.5 Å². The summed E-state index contributed by atoms with van der Waals surface area (Å²) in [6.45, 7) is 0. The lowest BCUT2D eigenvalue weighted by atomic mass is 9.97. The molecule has 1 unspecified atom stereocenters. The fraction of sp³-hybridized carbons (Fsp3) is 0.188. The number of amides is 1. The summed E-state index contributed by atoms with van der Waals surface area (Å²) < 4.78 is 33.1. The third-order valence-corrected chi connectivity index (χ3v) is 4.74. The highest BCUT2D eigenvalue weighted by atomic mass is 32.2. The molecule has 120 valence electrons. The molecule has 0 saturated carbocycles. The molecule has 1 aliphatic heterocycles. The molecule has 0 aliphatic carbocycles. The van der Waals surface area contributed by atoms with Crippen LogP contribution in [0.2, 0.25) is 0 Å². The summed E-state index contributed by atoms with van der Waals surface area (Å²) in [5, 5.41) is 0. The summed E-state index contributed by atoms with van der Waals surface area (Å²) in [7, 11) is -2.32. The van der Waals surface area contributed by atoms with Gasteiger partial charge in [0.2, 0.25) is 5.91 Å². The average molecular weight is 332 g/mol. The zero-order chi connectivity index (χ0) is 16.4. The van der Waals surface area contributed by atoms with Gasteiger partial charge in [0.05, 0.1) is 13.2 Å². The standard InChI is InChI=1S/C16H16N2O4S/c1-22-15-8-7-12(11-5-3-2-4-6-11)9-13(15)14-10-16(19)18-23(20,21)17-14/h2-9,14,17H,10H2,1H3,(H,18,19). The summed E-state index contributed by atoms with van der Waals surface area (Å²) in [4.78, 5) is 11.6. The first-order valence-electron chi connectivity index (χ1n) is 7.05. The normalized spacial score (nSPS) is 19.9. The Hall–Kier alpha value is -2.38. The minimum absolute atomic E-state index is 0.0217. The van der Waals surface area contributed by atoms with Crippen LogP contribution in [-0.4, -0.2) is 21.4 Å². The molecule has 1 amide bonds. The van der Waals surface area contributed by atoms with Gasteiger partial charge in [-0.05, 0) is 23.3 Å². The molecule has 2 aromatic carbocycles. The number of methoxy groups -OCH3 is 1. The van der Waals surface area contributed by atoms with Gasteiger partial charge in [0, 0.05) is 12.0 Å². The van der Waals surface area contributed by atoms with Gasteiger partial charge < -0.3 is 4.74 Å². The third kappa shape index (κ3) is 3.35. The third-order valence-electron chi connectivity index (χ3n) is 3.65. The second kappa shape index (κ2) is 6.02. The number of carbonyl (C=O) groups excluding carboxylic acids is 1. The summed E-state index contributed by atoms with van der Waals surface area (Å²) in [5.74, 6) is -0.00648. The maximum Gasteiger partial charge on any atom is 0.301 e. The predicted octanol–water partition coefficient (Wildman–Crippen LogP) is 1.76. The average Bonchev–Trinajstić information content (AvgIpc) is 2.53. The van der Waals surface area contributed by atoms with Crippen LogP contribution >= 0.6 is 0 Å². The van der Waals surface area contributed by atoms with Gasteiger partial charge in [0.15, 0.2) is 0 Å². The molecular formula is C16H16N2O4S. The van der Waals surface area contributed by atoms with Crippen molar-refractivity contribution in [1.82, 2.24) is 9.44 Å². The zero-order valence-corrected chi connectivity index (χ0v) is 13.3. The van der Waals surface area contributed by atoms with Crippen LogP contribution in [-0.2, 0) is 15.0 Å². The molecule has 1 fully saturated rings. The predicted molar refractivity (Wildman–Crippen MR) is 86.0 cm³/mol. The molecule has 0 radical (unpaired) electrons. The summed E-state index contributed by atoms with van der Waals surface area (Å²) in [5.41, 5.74) is 2.55. The largest absolute Gasteiger partial charge is 0.496 e. The molecule has 1 heterocycles. The Morgan fingerprint density at radius 3 is 2.48 bits per heavy atom. The fourth-order valence-electron chi connectivity index (χ4n) is 2.63. The van der Waals surface area contributed by atoms with E-state index in [1.807, 2.05) is 47.2 Å². The van der Waals surface area contributed by atoms with Crippen LogP contribution in [0.1, 0.15) is 18.0 Å². The number of rotatable bonds is 3. The van der Waals surface area contributed by atoms with Crippen LogP contribution in [0.25, 0.3) is 11.1 Å². The molecule has 7 heteroatoms. The Morgan fingerprint density at radius 1 is 1.09 bits per heavy atom. The maximum atomic E-state index is 11.7. The van der Waals surface area contributed by atoms with Crippen LogP contribution in [0, 0.1) is 0 Å². The minimum Gasteiger partial charge on any atom is -0.496 e. The quantitative estimate of drug-likeness (QED) is 0.897. The van der Waals surface area contributed by atoms with E-state index in [0.717, 1.165) is 11.1 Å². The smallest absolute Gasteiger partial charge is 0.301 e. The van der Waals surface area contributed by atoms with Crippen molar-refractivity contribution in [1.29, 1.82) is 0 Å². The molecule has 1 aliphatic rings. The lowest BCUT2D eigenvalue weighted by molar-refractivity contribution is -0.120. The Balaban J connectivity index is 2.05. The highest BCUT2D eigenvalue weighted by Crippen LogP contribution is 2.33. The molecule has 1 saturated heterocycles. The van der Waals surface area contributed by atoms with E-state index in [2.05, 4.69) is 4.72 Å². The van der Waals surface area contributed by atoms with Gasteiger partial charge in [-0.2, -0.15) is 13.1 Å². The number of ether oxygens (including phenoxy) is 1. The Bertz CT molecular complexity index is 834. The molecule has 0 aromatic heterocycles. The number of carbonyl (C=O) groups is 1. The van der Waals surface area contributed by atoms with E-state index in [1.54, 1.807) is 6.07 Å². The molecule has 1 atom stereocenters. The van der Waals surface area contributed by atoms with Crippen molar-refractivity contribution in [2.45, 2.75) is 12.5 Å². The second-order valence-corrected chi connectivity index (χ2v) is 6.67. The zero-order valence-electron chi connectivity index (χ0n) is 12.4. The van der Waals surface area contributed by atoms with Crippen LogP contribution in [0.3, 0.4) is 0 Å². The Kier molecular flexibility index (Phi) is 4.06. The van der Waals surface area contributed by atoms with Gasteiger partial charge in [-0.15, -0.1) is 0 Å². The van der Waals surface area contributed by atoms with Crippen molar-refractivity contribution in [3.63, 3.8) is 0 Å². The first-order valence-corrected chi connectivity index (χ1v) is 8.53. The van der Waals surface area contributed by atoms with Crippen LogP contribution in [0.4, 0.5) is 0 Å². The van der Waals surface area contributed by atoms with Crippen LogP contribution < -0.4 is 14.2 Å². The van der Waals surface area contributed by atoms with Gasteiger partial charge in [0.25, 0.3) is 0 Å². The SMILES string of the molecule is COc1ccc(-c2ccccc2)cc1C1CC(=O)NS(=O)(=O)N1. The van der Waals surface area contributed by atoms with E-state index in [1.165, 1.54) is 7.11 Å². The number of hydrogen-bond donors (Lipinski definition) is 2. The molecular weight excluding hydrogens is 316 g/mol. The van der Waals surface area contributed by atoms with Crippen molar-refractivity contribution >= 4 is 16.1 Å². The van der Waals surface area contributed by atoms with Crippen LogP contribution in [0.5, 0.6) is 5.75 Å². The fourth-order valence-corrected chi connectivity index (χ4v) is 3.65. The minimum atomic E-state index is -3.84. The lowest BCUT2D eigenvalue weighted by Crippen LogP contribution is -2.48. The molecule has 0 spiro atoms. The van der Waals surface area contributed by atoms with Gasteiger partial charge in [-0.3, -0.25) is 4.79 Å².